The van der Waals surface area contributed by atoms with Gasteiger partial charge >= 0.3 is 0 Å². The number of rotatable bonds is 6. The Morgan fingerprint density at radius 3 is 1.56 bits per heavy atom. The van der Waals surface area contributed by atoms with Crippen LogP contribution in [0.25, 0.3) is 6.08 Å². The monoisotopic (exact) mass is 698 g/mol. The molecule has 0 aromatic heterocycles. The summed E-state index contributed by atoms with van der Waals surface area (Å²) < 4.78 is -0.446. The summed E-state index contributed by atoms with van der Waals surface area (Å²) in [7, 11) is -0.478. The predicted octanol–water partition coefficient (Wildman–Crippen LogP) is 12.5. The molecule has 2 atom stereocenters. The molecule has 2 unspecified atom stereocenters. The minimum Gasteiger partial charge on any atom is -0.325 e. The highest BCUT2D eigenvalue weighted by Crippen LogP contribution is 2.73. The van der Waals surface area contributed by atoms with E-state index in [4.69, 9.17) is 23.2 Å². The predicted molar refractivity (Wildman–Crippen MR) is 212 cm³/mol. The van der Waals surface area contributed by atoms with Gasteiger partial charge in [-0.2, -0.15) is 0 Å². The standard InChI is InChI=1S/C43H53Cl2N2P/c1-28-22-30(3)40(31(4)23-28)46-20-21-47(41-32(5)24-29(2)25-33(41)6)42(46)37-27-43(45,38(39(37)44)26-34-14-8-7-9-15-34)48(35-16-10-11-17-35)36-18-12-13-19-36/h7-9,14-15,22-26,35-36,39H,10-13,16-21,27H2,1-6H3. The number of benzene rings is 3. The van der Waals surface area contributed by atoms with Gasteiger partial charge in [-0.05, 0) is 118 Å². The zero-order valence-electron chi connectivity index (χ0n) is 29.9. The first kappa shape index (κ1) is 34.2. The van der Waals surface area contributed by atoms with Gasteiger partial charge < -0.3 is 9.80 Å². The summed E-state index contributed by atoms with van der Waals surface area (Å²) in [5, 5.41) is -0.259. The Labute approximate surface area is 301 Å². The molecule has 4 fully saturated rings. The highest BCUT2D eigenvalue weighted by atomic mass is 35.5. The van der Waals surface area contributed by atoms with Crippen molar-refractivity contribution >= 4 is 48.6 Å². The van der Waals surface area contributed by atoms with Gasteiger partial charge in [0.25, 0.3) is 0 Å². The second-order valence-corrected chi connectivity index (χ2v) is 19.6. The van der Waals surface area contributed by atoms with E-state index in [1.54, 1.807) is 0 Å². The van der Waals surface area contributed by atoms with Crippen molar-refractivity contribution in [2.24, 2.45) is 0 Å². The van der Waals surface area contributed by atoms with Gasteiger partial charge in [-0.3, -0.25) is 0 Å². The van der Waals surface area contributed by atoms with Gasteiger partial charge in [0.15, 0.2) is 0 Å². The molecule has 3 aromatic rings. The van der Waals surface area contributed by atoms with E-state index in [2.05, 4.69) is 112 Å². The number of hydrogen-bond donors (Lipinski definition) is 0. The third kappa shape index (κ3) is 6.18. The molecule has 0 bridgehead atoms. The summed E-state index contributed by atoms with van der Waals surface area (Å²) in [6.45, 7) is 15.4. The quantitative estimate of drug-likeness (QED) is 0.187. The first-order valence-corrected chi connectivity index (χ1v) is 20.7. The van der Waals surface area contributed by atoms with Crippen LogP contribution in [0.2, 0.25) is 0 Å². The molecule has 2 nitrogen and oxygen atoms in total. The van der Waals surface area contributed by atoms with E-state index >= 15 is 0 Å². The molecule has 0 amide bonds. The van der Waals surface area contributed by atoms with Crippen molar-refractivity contribution in [1.82, 2.24) is 0 Å². The van der Waals surface area contributed by atoms with Crippen molar-refractivity contribution in [2.45, 2.75) is 121 Å². The van der Waals surface area contributed by atoms with Gasteiger partial charge in [-0.15, -0.1) is 23.2 Å². The smallest absolute Gasteiger partial charge is 0.114 e. The third-order valence-corrected chi connectivity index (χ3v) is 16.8. The number of anilines is 2. The lowest BCUT2D eigenvalue weighted by atomic mass is 10.0. The van der Waals surface area contributed by atoms with Crippen molar-refractivity contribution in [3.05, 3.63) is 111 Å². The van der Waals surface area contributed by atoms with Crippen LogP contribution in [0.3, 0.4) is 0 Å². The Hall–Kier alpha value is -2.25. The fourth-order valence-electron chi connectivity index (χ4n) is 9.95. The minimum atomic E-state index is -0.478. The van der Waals surface area contributed by atoms with Crippen LogP contribution in [-0.4, -0.2) is 34.4 Å². The Bertz CT molecular complexity index is 1600. The van der Waals surface area contributed by atoms with Crippen molar-refractivity contribution in [1.29, 1.82) is 0 Å². The van der Waals surface area contributed by atoms with Crippen molar-refractivity contribution < 1.29 is 0 Å². The van der Waals surface area contributed by atoms with Crippen LogP contribution in [0.1, 0.15) is 96.7 Å². The van der Waals surface area contributed by atoms with Gasteiger partial charge in [-0.1, -0.05) is 105 Å². The van der Waals surface area contributed by atoms with Gasteiger partial charge in [0.1, 0.15) is 5.82 Å². The SMILES string of the molecule is Cc1cc(C)c(N2CCN(c3c(C)cc(C)cc3C)C2=C2CC(Cl)(P(C3CCCC3)C3CCCC3)C(=Cc3ccccc3)C2Cl)c(C)c1. The molecule has 4 aliphatic rings. The Balaban J connectivity index is 1.47. The zero-order chi connectivity index (χ0) is 33.7. The number of alkyl halides is 2. The van der Waals surface area contributed by atoms with E-state index in [1.165, 1.54) is 119 Å². The van der Waals surface area contributed by atoms with Crippen molar-refractivity contribution in [3.8, 4) is 0 Å². The molecule has 3 saturated carbocycles. The maximum absolute atomic E-state index is 8.44. The first-order chi connectivity index (χ1) is 23.1. The number of allylic oxidation sites excluding steroid dienone is 2. The number of nitrogens with zero attached hydrogens (tertiary/aromatic N) is 2. The molecule has 0 spiro atoms. The van der Waals surface area contributed by atoms with Crippen LogP contribution >= 0.6 is 31.1 Å². The highest BCUT2D eigenvalue weighted by molar-refractivity contribution is 7.63. The van der Waals surface area contributed by atoms with E-state index in [1.807, 2.05) is 0 Å². The zero-order valence-corrected chi connectivity index (χ0v) is 32.3. The molecule has 3 aromatic carbocycles. The van der Waals surface area contributed by atoms with Crippen LogP contribution in [0.5, 0.6) is 0 Å². The minimum absolute atomic E-state index is 0.259. The van der Waals surface area contributed by atoms with E-state index in [-0.39, 0.29) is 5.38 Å². The molecule has 1 heterocycles. The van der Waals surface area contributed by atoms with Crippen molar-refractivity contribution in [3.63, 3.8) is 0 Å². The van der Waals surface area contributed by atoms with Crippen LogP contribution in [0, 0.1) is 41.5 Å². The van der Waals surface area contributed by atoms with Gasteiger partial charge in [0.05, 0.1) is 9.99 Å². The molecule has 3 aliphatic carbocycles. The van der Waals surface area contributed by atoms with Crippen LogP contribution in [0.15, 0.2) is 71.6 Å². The molecular formula is C43H53Cl2N2P. The molecule has 1 saturated heterocycles. The molecule has 254 valence electrons. The molecular weight excluding hydrogens is 646 g/mol. The Morgan fingerprint density at radius 1 is 0.688 bits per heavy atom. The first-order valence-electron chi connectivity index (χ1n) is 18.4. The summed E-state index contributed by atoms with van der Waals surface area (Å²) in [4.78, 5) is 5.23. The molecule has 7 rings (SSSR count). The maximum Gasteiger partial charge on any atom is 0.114 e. The number of hydrogen-bond acceptors (Lipinski definition) is 2. The lowest BCUT2D eigenvalue weighted by Crippen LogP contribution is -2.29. The average Bonchev–Trinajstić information content (AvgIpc) is 3.85. The van der Waals surface area contributed by atoms with E-state index in [0.717, 1.165) is 30.8 Å². The lowest BCUT2D eigenvalue weighted by molar-refractivity contribution is 0.789. The summed E-state index contributed by atoms with van der Waals surface area (Å²) in [6.07, 6.45) is 13.9. The van der Waals surface area contributed by atoms with Crippen LogP contribution < -0.4 is 9.80 Å². The molecule has 0 N–H and O–H groups in total. The number of aryl methyl sites for hydroxylation is 6. The fraction of sp³-hybridized carbons (Fsp3) is 0.488. The fourth-order valence-corrected chi connectivity index (χ4v) is 16.1. The summed E-state index contributed by atoms with van der Waals surface area (Å²) in [6, 6.07) is 20.2. The lowest BCUT2D eigenvalue weighted by Gasteiger charge is -2.42. The topological polar surface area (TPSA) is 6.48 Å². The summed E-state index contributed by atoms with van der Waals surface area (Å²) >= 11 is 16.4. The molecule has 1 aliphatic heterocycles. The largest absolute Gasteiger partial charge is 0.325 e. The third-order valence-electron chi connectivity index (χ3n) is 11.6. The van der Waals surface area contributed by atoms with Crippen molar-refractivity contribution in [2.75, 3.05) is 22.9 Å². The molecule has 0 radical (unpaired) electrons. The van der Waals surface area contributed by atoms with Gasteiger partial charge in [0, 0.05) is 30.9 Å². The van der Waals surface area contributed by atoms with E-state index in [9.17, 15) is 0 Å². The van der Waals surface area contributed by atoms with Crippen LogP contribution in [0.4, 0.5) is 11.4 Å². The van der Waals surface area contributed by atoms with E-state index in [0.29, 0.717) is 0 Å². The second-order valence-electron chi connectivity index (χ2n) is 15.2. The van der Waals surface area contributed by atoms with Crippen LogP contribution in [-0.2, 0) is 0 Å². The number of halogens is 2. The Morgan fingerprint density at radius 2 is 1.12 bits per heavy atom. The molecule has 5 heteroatoms. The maximum atomic E-state index is 8.44. The highest BCUT2D eigenvalue weighted by Gasteiger charge is 2.56. The van der Waals surface area contributed by atoms with E-state index < -0.39 is 12.5 Å². The normalized spacial score (nSPS) is 24.8. The molecule has 48 heavy (non-hydrogen) atoms. The average molecular weight is 700 g/mol. The summed E-state index contributed by atoms with van der Waals surface area (Å²) in [5.74, 6) is 1.27. The summed E-state index contributed by atoms with van der Waals surface area (Å²) in [5.41, 5.74) is 15.8. The Kier molecular flexibility index (Phi) is 9.84. The second kappa shape index (κ2) is 13.8. The van der Waals surface area contributed by atoms with Gasteiger partial charge in [-0.25, -0.2) is 0 Å². The van der Waals surface area contributed by atoms with Gasteiger partial charge in [0.2, 0.25) is 0 Å².